The van der Waals surface area contributed by atoms with E-state index >= 15 is 0 Å². The number of aromatic nitrogens is 3. The van der Waals surface area contributed by atoms with Crippen LogP contribution in [-0.4, -0.2) is 26.6 Å². The van der Waals surface area contributed by atoms with E-state index in [0.29, 0.717) is 16.9 Å². The van der Waals surface area contributed by atoms with E-state index in [1.807, 2.05) is 6.92 Å². The Bertz CT molecular complexity index is 1400. The van der Waals surface area contributed by atoms with Gasteiger partial charge in [0.15, 0.2) is 0 Å². The van der Waals surface area contributed by atoms with Crippen LogP contribution in [0.3, 0.4) is 0 Å². The molecule has 176 valence electrons. The number of fused-ring (bicyclic) bond motifs is 1. The molecule has 0 spiro atoms. The molecule has 4 aromatic rings. The third kappa shape index (κ3) is 4.97. The molecule has 7 nitrogen and oxygen atoms in total. The summed E-state index contributed by atoms with van der Waals surface area (Å²) in [7, 11) is 0. The monoisotopic (exact) mass is 551 g/mol. The first-order valence-corrected chi connectivity index (χ1v) is 11.5. The quantitative estimate of drug-likeness (QED) is 0.336. The van der Waals surface area contributed by atoms with Gasteiger partial charge in [-0.3, -0.25) is 14.3 Å². The SMILES string of the molecule is Cc1ccc(-c2cc(C(F)(F)F)nc3sc(C(N)=O)c(NC(=O)CCn4cc(Br)cn4)c23)cc1. The summed E-state index contributed by atoms with van der Waals surface area (Å²) in [6.45, 7) is 2.11. The number of anilines is 1. The Morgan fingerprint density at radius 3 is 2.53 bits per heavy atom. The second-order valence-electron chi connectivity index (χ2n) is 7.49. The molecule has 3 aromatic heterocycles. The maximum Gasteiger partial charge on any atom is 0.433 e. The van der Waals surface area contributed by atoms with E-state index in [2.05, 4.69) is 31.3 Å². The van der Waals surface area contributed by atoms with Crippen molar-refractivity contribution in [3.63, 3.8) is 0 Å². The topological polar surface area (TPSA) is 103 Å². The third-order valence-corrected chi connectivity index (χ3v) is 6.48. The van der Waals surface area contributed by atoms with E-state index in [1.165, 1.54) is 0 Å². The Morgan fingerprint density at radius 2 is 1.94 bits per heavy atom. The van der Waals surface area contributed by atoms with Crippen LogP contribution in [0.5, 0.6) is 0 Å². The number of thiophene rings is 1. The highest BCUT2D eigenvalue weighted by atomic mass is 79.9. The molecule has 1 aromatic carbocycles. The standard InChI is InChI=1S/C22H17BrF3N5O2S/c1-11-2-4-12(5-3-11)14-8-15(22(24,25)26)29-21-17(14)18(19(34-21)20(27)33)30-16(32)6-7-31-10-13(23)9-28-31/h2-5,8-10H,6-7H2,1H3,(H2,27,33)(H,30,32). The zero-order valence-corrected chi connectivity index (χ0v) is 20.0. The predicted molar refractivity (Wildman–Crippen MR) is 126 cm³/mol. The van der Waals surface area contributed by atoms with Crippen molar-refractivity contribution in [1.29, 1.82) is 0 Å². The molecule has 0 aliphatic carbocycles. The van der Waals surface area contributed by atoms with Crippen LogP contribution in [0.2, 0.25) is 0 Å². The van der Waals surface area contributed by atoms with Crippen LogP contribution in [0.25, 0.3) is 21.3 Å². The van der Waals surface area contributed by atoms with Gasteiger partial charge in [-0.05, 0) is 40.0 Å². The fraction of sp³-hybridized carbons (Fsp3) is 0.182. The first-order valence-electron chi connectivity index (χ1n) is 9.92. The van der Waals surface area contributed by atoms with Gasteiger partial charge >= 0.3 is 6.18 Å². The molecule has 0 atom stereocenters. The van der Waals surface area contributed by atoms with Gasteiger partial charge in [-0.2, -0.15) is 18.3 Å². The maximum atomic E-state index is 13.6. The average Bonchev–Trinajstić information content (AvgIpc) is 3.35. The molecule has 4 rings (SSSR count). The number of rotatable bonds is 6. The van der Waals surface area contributed by atoms with Gasteiger partial charge in [0.25, 0.3) is 5.91 Å². The molecule has 0 bridgehead atoms. The summed E-state index contributed by atoms with van der Waals surface area (Å²) < 4.78 is 43.1. The number of nitrogens with two attached hydrogens (primary N) is 1. The van der Waals surface area contributed by atoms with E-state index in [4.69, 9.17) is 5.73 Å². The summed E-state index contributed by atoms with van der Waals surface area (Å²) >= 11 is 3.98. The molecular formula is C22H17BrF3N5O2S. The summed E-state index contributed by atoms with van der Waals surface area (Å²) in [6.07, 6.45) is -1.42. The van der Waals surface area contributed by atoms with Crippen LogP contribution in [0.4, 0.5) is 18.9 Å². The zero-order valence-electron chi connectivity index (χ0n) is 17.6. The lowest BCUT2D eigenvalue weighted by atomic mass is 10.00. The minimum Gasteiger partial charge on any atom is -0.365 e. The van der Waals surface area contributed by atoms with E-state index in [-0.39, 0.29) is 39.3 Å². The van der Waals surface area contributed by atoms with Crippen LogP contribution in [0, 0.1) is 6.92 Å². The van der Waals surface area contributed by atoms with Gasteiger partial charge in [-0.25, -0.2) is 4.98 Å². The van der Waals surface area contributed by atoms with Crippen LogP contribution in [0.15, 0.2) is 47.2 Å². The zero-order chi connectivity index (χ0) is 24.6. The molecule has 0 unspecified atom stereocenters. The average molecular weight is 552 g/mol. The molecule has 0 saturated carbocycles. The van der Waals surface area contributed by atoms with Crippen LogP contribution < -0.4 is 11.1 Å². The highest BCUT2D eigenvalue weighted by molar-refractivity contribution is 9.10. The molecule has 0 aliphatic heterocycles. The Hall–Kier alpha value is -3.25. The number of carbonyl (C=O) groups excluding carboxylic acids is 2. The summed E-state index contributed by atoms with van der Waals surface area (Å²) in [5, 5.41) is 6.97. The van der Waals surface area contributed by atoms with Gasteiger partial charge in [0, 0.05) is 24.5 Å². The van der Waals surface area contributed by atoms with Gasteiger partial charge in [0.1, 0.15) is 15.4 Å². The van der Waals surface area contributed by atoms with Crippen molar-refractivity contribution in [3.05, 3.63) is 63.3 Å². The Labute approximate surface area is 203 Å². The summed E-state index contributed by atoms with van der Waals surface area (Å²) in [5.41, 5.74) is 6.05. The lowest BCUT2D eigenvalue weighted by Crippen LogP contribution is -2.18. The minimum atomic E-state index is -4.70. The second-order valence-corrected chi connectivity index (χ2v) is 9.40. The number of hydrogen-bond donors (Lipinski definition) is 2. The van der Waals surface area contributed by atoms with Crippen LogP contribution in [-0.2, 0) is 17.5 Å². The van der Waals surface area contributed by atoms with Crippen LogP contribution >= 0.6 is 27.3 Å². The van der Waals surface area contributed by atoms with Crippen molar-refractivity contribution >= 4 is 55.0 Å². The number of primary amides is 1. The molecule has 0 fully saturated rings. The van der Waals surface area contributed by atoms with E-state index < -0.39 is 23.7 Å². The minimum absolute atomic E-state index is 0.0115. The number of aryl methyl sites for hydroxylation is 2. The maximum absolute atomic E-state index is 13.6. The molecule has 34 heavy (non-hydrogen) atoms. The van der Waals surface area contributed by atoms with Crippen molar-refractivity contribution in [2.75, 3.05) is 5.32 Å². The first kappa shape index (κ1) is 23.9. The number of alkyl halides is 3. The Morgan fingerprint density at radius 1 is 1.24 bits per heavy atom. The highest BCUT2D eigenvalue weighted by Crippen LogP contribution is 2.43. The summed E-state index contributed by atoms with van der Waals surface area (Å²) in [4.78, 5) is 28.5. The van der Waals surface area contributed by atoms with E-state index in [0.717, 1.165) is 16.1 Å². The second kappa shape index (κ2) is 9.18. The first-order chi connectivity index (χ1) is 16.0. The van der Waals surface area contributed by atoms with Crippen molar-refractivity contribution in [1.82, 2.24) is 14.8 Å². The van der Waals surface area contributed by atoms with Crippen molar-refractivity contribution in [3.8, 4) is 11.1 Å². The van der Waals surface area contributed by atoms with Gasteiger partial charge in [-0.15, -0.1) is 11.3 Å². The largest absolute Gasteiger partial charge is 0.433 e. The Kier molecular flexibility index (Phi) is 6.45. The van der Waals surface area contributed by atoms with Crippen molar-refractivity contribution in [2.24, 2.45) is 5.73 Å². The van der Waals surface area contributed by atoms with Gasteiger partial charge in [0.2, 0.25) is 5.91 Å². The lowest BCUT2D eigenvalue weighted by molar-refractivity contribution is -0.140. The summed E-state index contributed by atoms with van der Waals surface area (Å²) in [5.74, 6) is -1.33. The van der Waals surface area contributed by atoms with Crippen molar-refractivity contribution < 1.29 is 22.8 Å². The number of carbonyl (C=O) groups is 2. The van der Waals surface area contributed by atoms with Gasteiger partial charge in [0.05, 0.1) is 16.4 Å². The van der Waals surface area contributed by atoms with E-state index in [1.54, 1.807) is 41.3 Å². The molecular weight excluding hydrogens is 535 g/mol. The summed E-state index contributed by atoms with van der Waals surface area (Å²) in [6, 6.07) is 7.79. The normalized spacial score (nSPS) is 11.7. The number of benzene rings is 1. The number of hydrogen-bond acceptors (Lipinski definition) is 5. The third-order valence-electron chi connectivity index (χ3n) is 4.97. The molecule has 0 aliphatic rings. The number of pyridine rings is 1. The molecule has 3 N–H and O–H groups in total. The van der Waals surface area contributed by atoms with Gasteiger partial charge in [-0.1, -0.05) is 29.8 Å². The van der Waals surface area contributed by atoms with E-state index in [9.17, 15) is 22.8 Å². The smallest absolute Gasteiger partial charge is 0.365 e. The predicted octanol–water partition coefficient (Wildman–Crippen LogP) is 5.38. The molecule has 3 heterocycles. The number of nitrogens with one attached hydrogen (secondary N) is 1. The fourth-order valence-electron chi connectivity index (χ4n) is 3.38. The molecule has 12 heteroatoms. The molecule has 2 amide bonds. The fourth-order valence-corrected chi connectivity index (χ4v) is 4.71. The molecule has 0 saturated heterocycles. The van der Waals surface area contributed by atoms with Crippen molar-refractivity contribution in [2.45, 2.75) is 26.1 Å². The van der Waals surface area contributed by atoms with Gasteiger partial charge < -0.3 is 11.1 Å². The van der Waals surface area contributed by atoms with Crippen LogP contribution in [0.1, 0.15) is 27.3 Å². The highest BCUT2D eigenvalue weighted by Gasteiger charge is 2.35. The number of nitrogens with zero attached hydrogens (tertiary/aromatic N) is 3. The Balaban J connectivity index is 1.82. The lowest BCUT2D eigenvalue weighted by Gasteiger charge is -2.13. The number of amides is 2. The molecule has 0 radical (unpaired) electrons. The number of halogens is 4.